The summed E-state index contributed by atoms with van der Waals surface area (Å²) in [6.07, 6.45) is 6.09. The Morgan fingerprint density at radius 2 is 1.82 bits per heavy atom. The number of thioether (sulfide) groups is 1. The fourth-order valence-electron chi connectivity index (χ4n) is 6.28. The third kappa shape index (κ3) is 5.14. The molecule has 0 unspecified atom stereocenters. The molecule has 40 heavy (non-hydrogen) atoms. The van der Waals surface area contributed by atoms with Crippen LogP contribution >= 0.6 is 23.4 Å². The molecule has 1 aromatic carbocycles. The molecule has 2 aromatic rings. The zero-order valence-corrected chi connectivity index (χ0v) is 26.1. The second kappa shape index (κ2) is 10.9. The Balaban J connectivity index is 1.29. The smallest absolute Gasteiger partial charge is 0.254 e. The van der Waals surface area contributed by atoms with Gasteiger partial charge in [-0.25, -0.2) is 0 Å². The number of benzene rings is 1. The van der Waals surface area contributed by atoms with Crippen molar-refractivity contribution in [3.8, 4) is 11.5 Å². The lowest BCUT2D eigenvalue weighted by molar-refractivity contribution is -0.176. The third-order valence-corrected chi connectivity index (χ3v) is 10.5. The average molecular weight is 589 g/mol. The highest BCUT2D eigenvalue weighted by Crippen LogP contribution is 2.56. The molecule has 218 valence electrons. The van der Waals surface area contributed by atoms with E-state index in [9.17, 15) is 9.59 Å². The number of nitrogens with one attached hydrogen (secondary N) is 2. The molecule has 1 saturated carbocycles. The number of carbonyl (C=O) groups is 1. The maximum absolute atomic E-state index is 13.3. The predicted octanol–water partition coefficient (Wildman–Crippen LogP) is 4.98. The van der Waals surface area contributed by atoms with Gasteiger partial charge in [0.15, 0.2) is 11.5 Å². The lowest BCUT2D eigenvalue weighted by Gasteiger charge is -2.52. The van der Waals surface area contributed by atoms with Crippen molar-refractivity contribution in [2.45, 2.75) is 82.7 Å². The number of carbonyl (C=O) groups excluding carboxylic acids is 1. The van der Waals surface area contributed by atoms with Gasteiger partial charge < -0.3 is 24.7 Å². The molecular formula is C30H41ClN4O4S. The molecule has 0 bridgehead atoms. The van der Waals surface area contributed by atoms with Crippen LogP contribution in [0, 0.1) is 19.3 Å². The van der Waals surface area contributed by atoms with Gasteiger partial charge in [0.25, 0.3) is 17.3 Å². The van der Waals surface area contributed by atoms with Crippen molar-refractivity contribution >= 4 is 29.3 Å². The minimum absolute atomic E-state index is 0.110. The van der Waals surface area contributed by atoms with Crippen molar-refractivity contribution in [2.24, 2.45) is 5.41 Å². The molecule has 1 amide bonds. The number of amides is 1. The minimum atomic E-state index is -0.882. The predicted molar refractivity (Wildman–Crippen MR) is 160 cm³/mol. The van der Waals surface area contributed by atoms with Gasteiger partial charge in [0.1, 0.15) is 0 Å². The lowest BCUT2D eigenvalue weighted by atomic mass is 9.68. The molecule has 0 spiro atoms. The SMILES string of the molecule is CSc1cc(C)[nH]c(=O)c1CNC(=O)c1cc(Cl)c2c(c1C)O[C@@](C)([C@]1(C)CC[C@@H](N3CC(N(C)C)C3)CC1)O2. The number of aromatic nitrogens is 1. The number of halogens is 1. The Morgan fingerprint density at radius 1 is 1.18 bits per heavy atom. The molecule has 1 aromatic heterocycles. The van der Waals surface area contributed by atoms with Gasteiger partial charge in [0, 0.05) is 71.3 Å². The van der Waals surface area contributed by atoms with Gasteiger partial charge in [-0.05, 0) is 72.0 Å². The van der Waals surface area contributed by atoms with Gasteiger partial charge in [-0.2, -0.15) is 0 Å². The van der Waals surface area contributed by atoms with Crippen LogP contribution in [0.5, 0.6) is 11.5 Å². The summed E-state index contributed by atoms with van der Waals surface area (Å²) in [5, 5.41) is 3.25. The Hall–Kier alpha value is -2.20. The number of fused-ring (bicyclic) bond motifs is 1. The highest BCUT2D eigenvalue weighted by atomic mass is 35.5. The molecule has 1 saturated heterocycles. The van der Waals surface area contributed by atoms with Crippen molar-refractivity contribution in [1.82, 2.24) is 20.1 Å². The molecule has 3 heterocycles. The van der Waals surface area contributed by atoms with E-state index in [-0.39, 0.29) is 23.4 Å². The number of likely N-dealkylation sites (tertiary alicyclic amines) is 1. The Labute approximate surface area is 246 Å². The van der Waals surface area contributed by atoms with Gasteiger partial charge in [0.2, 0.25) is 0 Å². The van der Waals surface area contributed by atoms with Crippen molar-refractivity contribution in [2.75, 3.05) is 33.4 Å². The summed E-state index contributed by atoms with van der Waals surface area (Å²) < 4.78 is 13.1. The standard InChI is InChI=1S/C30H41ClN4O4S/c1-17-12-24(40-7)22(28(37)33-17)14-32-27(36)21-13-23(31)26-25(18(21)2)38-30(4,39-26)29(3)10-8-19(9-11-29)35-15-20(16-35)34(5)6/h12-13,19-20H,8-11,14-16H2,1-7H3,(H,32,36)(H,33,37)/t19-,29-,30-/m1/s1. The fourth-order valence-corrected chi connectivity index (χ4v) is 7.22. The molecule has 2 fully saturated rings. The second-order valence-electron chi connectivity index (χ2n) is 12.2. The van der Waals surface area contributed by atoms with E-state index in [0.717, 1.165) is 49.4 Å². The van der Waals surface area contributed by atoms with Crippen LogP contribution in [0.15, 0.2) is 21.8 Å². The molecule has 1 atom stereocenters. The van der Waals surface area contributed by atoms with Crippen molar-refractivity contribution in [1.29, 1.82) is 0 Å². The summed E-state index contributed by atoms with van der Waals surface area (Å²) in [5.74, 6) is -0.174. The van der Waals surface area contributed by atoms with Crippen LogP contribution in [-0.2, 0) is 6.54 Å². The highest BCUT2D eigenvalue weighted by molar-refractivity contribution is 7.98. The summed E-state index contributed by atoms with van der Waals surface area (Å²) >= 11 is 8.17. The molecule has 3 aliphatic rings. The number of nitrogens with zero attached hydrogens (tertiary/aromatic N) is 2. The normalized spacial score (nSPS) is 26.7. The van der Waals surface area contributed by atoms with E-state index in [4.69, 9.17) is 21.1 Å². The zero-order chi connectivity index (χ0) is 29.0. The van der Waals surface area contributed by atoms with Crippen LogP contribution in [0.4, 0.5) is 0 Å². The molecule has 10 heteroatoms. The van der Waals surface area contributed by atoms with Crippen molar-refractivity contribution in [3.63, 3.8) is 0 Å². The summed E-state index contributed by atoms with van der Waals surface area (Å²) in [6, 6.07) is 4.81. The van der Waals surface area contributed by atoms with E-state index >= 15 is 0 Å². The van der Waals surface area contributed by atoms with Crippen LogP contribution in [0.2, 0.25) is 5.02 Å². The number of hydrogen-bond acceptors (Lipinski definition) is 7. The number of pyridine rings is 1. The topological polar surface area (TPSA) is 86.9 Å². The Kier molecular flexibility index (Phi) is 7.98. The first-order valence-corrected chi connectivity index (χ1v) is 15.6. The number of hydrogen-bond donors (Lipinski definition) is 2. The maximum Gasteiger partial charge on any atom is 0.254 e. The first-order chi connectivity index (χ1) is 18.9. The summed E-state index contributed by atoms with van der Waals surface area (Å²) in [7, 11) is 4.31. The molecule has 5 rings (SSSR count). The number of aryl methyl sites for hydroxylation is 1. The quantitative estimate of drug-likeness (QED) is 0.441. The lowest BCUT2D eigenvalue weighted by Crippen LogP contribution is -2.62. The number of likely N-dealkylation sites (N-methyl/N-ethyl adjacent to an activating group) is 1. The van der Waals surface area contributed by atoms with Crippen molar-refractivity contribution < 1.29 is 14.3 Å². The van der Waals surface area contributed by atoms with E-state index < -0.39 is 5.79 Å². The monoisotopic (exact) mass is 588 g/mol. The van der Waals surface area contributed by atoms with Crippen LogP contribution in [0.1, 0.15) is 66.7 Å². The van der Waals surface area contributed by atoms with E-state index in [1.54, 1.807) is 6.07 Å². The zero-order valence-electron chi connectivity index (χ0n) is 24.6. The molecule has 0 radical (unpaired) electrons. The van der Waals surface area contributed by atoms with Gasteiger partial charge in [-0.3, -0.25) is 14.5 Å². The Morgan fingerprint density at radius 3 is 2.45 bits per heavy atom. The number of aromatic amines is 1. The van der Waals surface area contributed by atoms with Crippen LogP contribution in [-0.4, -0.2) is 72.0 Å². The van der Waals surface area contributed by atoms with E-state index in [1.165, 1.54) is 11.8 Å². The molecule has 1 aliphatic carbocycles. The number of ether oxygens (including phenoxy) is 2. The third-order valence-electron chi connectivity index (χ3n) is 9.44. The van der Waals surface area contributed by atoms with E-state index in [0.29, 0.717) is 45.3 Å². The van der Waals surface area contributed by atoms with Crippen LogP contribution in [0.3, 0.4) is 0 Å². The summed E-state index contributed by atoms with van der Waals surface area (Å²) in [6.45, 7) is 10.3. The molecular weight excluding hydrogens is 548 g/mol. The van der Waals surface area contributed by atoms with Gasteiger partial charge in [0.05, 0.1) is 5.02 Å². The summed E-state index contributed by atoms with van der Waals surface area (Å²) in [4.78, 5) is 34.4. The van der Waals surface area contributed by atoms with Crippen LogP contribution in [0.25, 0.3) is 0 Å². The molecule has 8 nitrogen and oxygen atoms in total. The fraction of sp³-hybridized carbons (Fsp3) is 0.600. The Bertz CT molecular complexity index is 1360. The van der Waals surface area contributed by atoms with Gasteiger partial charge in [-0.15, -0.1) is 11.8 Å². The van der Waals surface area contributed by atoms with Crippen molar-refractivity contribution in [3.05, 3.63) is 49.9 Å². The average Bonchev–Trinajstić information content (AvgIpc) is 3.25. The van der Waals surface area contributed by atoms with Gasteiger partial charge in [-0.1, -0.05) is 18.5 Å². The first-order valence-electron chi connectivity index (χ1n) is 14.0. The largest absolute Gasteiger partial charge is 0.448 e. The maximum atomic E-state index is 13.3. The first kappa shape index (κ1) is 29.3. The van der Waals surface area contributed by atoms with Gasteiger partial charge >= 0.3 is 0 Å². The van der Waals surface area contributed by atoms with E-state index in [1.807, 2.05) is 33.1 Å². The number of H-pyrrole nitrogens is 1. The summed E-state index contributed by atoms with van der Waals surface area (Å²) in [5.41, 5.74) is 2.00. The van der Waals surface area contributed by atoms with E-state index in [2.05, 4.69) is 41.1 Å². The second-order valence-corrected chi connectivity index (χ2v) is 13.5. The molecule has 2 N–H and O–H groups in total. The minimum Gasteiger partial charge on any atom is -0.448 e. The molecule has 2 aliphatic heterocycles. The number of rotatable bonds is 7. The highest BCUT2D eigenvalue weighted by Gasteiger charge is 2.55. The van der Waals surface area contributed by atoms with Crippen LogP contribution < -0.4 is 20.3 Å².